The number of anilines is 1. The molecule has 2 aromatic rings. The van der Waals surface area contributed by atoms with Crippen LogP contribution in [0.15, 0.2) is 71.2 Å². The minimum absolute atomic E-state index is 0.136. The highest BCUT2D eigenvalue weighted by Gasteiger charge is 2.14. The molecule has 0 fully saturated rings. The van der Waals surface area contributed by atoms with E-state index >= 15 is 0 Å². The Balaban J connectivity index is 2.12. The molecule has 0 radical (unpaired) electrons. The van der Waals surface area contributed by atoms with E-state index in [2.05, 4.69) is 4.72 Å². The highest BCUT2D eigenvalue weighted by atomic mass is 32.2. The smallest absolute Gasteiger partial charge is 0.328 e. The van der Waals surface area contributed by atoms with Gasteiger partial charge >= 0.3 is 5.97 Å². The zero-order valence-corrected chi connectivity index (χ0v) is 15.2. The van der Waals surface area contributed by atoms with Crippen molar-refractivity contribution in [2.24, 2.45) is 0 Å². The number of carboxylic acid groups (broad SMARTS) is 1. The molecule has 0 aliphatic heterocycles. The van der Waals surface area contributed by atoms with Crippen LogP contribution >= 0.6 is 0 Å². The van der Waals surface area contributed by atoms with Gasteiger partial charge in [0.15, 0.2) is 0 Å². The summed E-state index contributed by atoms with van der Waals surface area (Å²) in [7, 11) is -2.18. The Morgan fingerprint density at radius 1 is 1.04 bits per heavy atom. The van der Waals surface area contributed by atoms with Crippen molar-refractivity contribution in [2.75, 3.05) is 11.8 Å². The summed E-state index contributed by atoms with van der Waals surface area (Å²) in [5, 5.41) is 8.61. The summed E-state index contributed by atoms with van der Waals surface area (Å²) in [6.45, 7) is 1.78. The average Bonchev–Trinajstić information content (AvgIpc) is 2.61. The first-order valence-corrected chi connectivity index (χ1v) is 9.15. The Labute approximate surface area is 152 Å². The zero-order chi connectivity index (χ0) is 19.2. The molecule has 0 atom stereocenters. The first-order valence-electron chi connectivity index (χ1n) is 7.66. The van der Waals surface area contributed by atoms with Crippen molar-refractivity contribution in [2.45, 2.75) is 11.8 Å². The fourth-order valence-electron chi connectivity index (χ4n) is 2.13. The number of hydrogen-bond acceptors (Lipinski definition) is 4. The summed E-state index contributed by atoms with van der Waals surface area (Å²) in [5.74, 6) is -0.437. The predicted octanol–water partition coefficient (Wildman–Crippen LogP) is 3.54. The van der Waals surface area contributed by atoms with E-state index in [1.54, 1.807) is 49.4 Å². The van der Waals surface area contributed by atoms with E-state index < -0.39 is 16.0 Å². The molecule has 0 spiro atoms. The molecular weight excluding hydrogens is 354 g/mol. The number of allylic oxidation sites excluding steroid dienone is 2. The number of nitrogens with one attached hydrogen (secondary N) is 1. The Hall–Kier alpha value is -3.06. The van der Waals surface area contributed by atoms with Gasteiger partial charge in [0.05, 0.1) is 12.0 Å². The van der Waals surface area contributed by atoms with Gasteiger partial charge in [0.1, 0.15) is 5.75 Å². The van der Waals surface area contributed by atoms with Gasteiger partial charge in [-0.1, -0.05) is 29.9 Å². The van der Waals surface area contributed by atoms with Crippen LogP contribution in [0.4, 0.5) is 5.69 Å². The van der Waals surface area contributed by atoms with Crippen molar-refractivity contribution in [1.29, 1.82) is 0 Å². The molecule has 0 heterocycles. The Bertz CT molecular complexity index is 927. The van der Waals surface area contributed by atoms with Gasteiger partial charge in [0.25, 0.3) is 10.0 Å². The lowest BCUT2D eigenvalue weighted by Crippen LogP contribution is -2.12. The first kappa shape index (κ1) is 19.3. The Kier molecular flexibility index (Phi) is 6.19. The molecule has 136 valence electrons. The predicted molar refractivity (Wildman–Crippen MR) is 101 cm³/mol. The van der Waals surface area contributed by atoms with E-state index in [-0.39, 0.29) is 4.90 Å². The van der Waals surface area contributed by atoms with Crippen molar-refractivity contribution in [3.8, 4) is 5.75 Å². The van der Waals surface area contributed by atoms with E-state index in [4.69, 9.17) is 9.84 Å². The van der Waals surface area contributed by atoms with Crippen LogP contribution in [-0.2, 0) is 14.8 Å². The number of hydrogen-bond donors (Lipinski definition) is 2. The standard InChI is InChI=1S/C19H19NO5S/c1-14(3-12-19(21)22)13-15-4-6-16(7-5-15)20-26(23,24)18-10-8-17(25-2)9-11-18/h3-13,20H,1-2H3,(H,21,22). The van der Waals surface area contributed by atoms with Gasteiger partial charge in [0, 0.05) is 11.8 Å². The SMILES string of the molecule is COc1ccc(S(=O)(=O)Nc2ccc(C=C(C)C=CC(=O)O)cc2)cc1. The molecule has 0 aromatic heterocycles. The Morgan fingerprint density at radius 2 is 1.65 bits per heavy atom. The maximum absolute atomic E-state index is 12.4. The quantitative estimate of drug-likeness (QED) is 0.572. The number of rotatable bonds is 7. The monoisotopic (exact) mass is 373 g/mol. The van der Waals surface area contributed by atoms with Gasteiger partial charge < -0.3 is 9.84 Å². The van der Waals surface area contributed by atoms with Crippen molar-refractivity contribution in [3.63, 3.8) is 0 Å². The van der Waals surface area contributed by atoms with Crippen LogP contribution in [0.2, 0.25) is 0 Å². The summed E-state index contributed by atoms with van der Waals surface area (Å²) in [6, 6.07) is 12.9. The number of carbonyl (C=O) groups is 1. The fourth-order valence-corrected chi connectivity index (χ4v) is 3.19. The molecule has 2 rings (SSSR count). The summed E-state index contributed by atoms with van der Waals surface area (Å²) in [6.07, 6.45) is 4.34. The average molecular weight is 373 g/mol. The van der Waals surface area contributed by atoms with E-state index in [1.165, 1.54) is 25.3 Å². The van der Waals surface area contributed by atoms with E-state index in [0.29, 0.717) is 11.4 Å². The van der Waals surface area contributed by atoms with E-state index in [1.807, 2.05) is 0 Å². The van der Waals surface area contributed by atoms with Crippen LogP contribution in [0.1, 0.15) is 12.5 Å². The lowest BCUT2D eigenvalue weighted by molar-refractivity contribution is -0.131. The third kappa shape index (κ3) is 5.49. The summed E-state index contributed by atoms with van der Waals surface area (Å²) < 4.78 is 32.3. The Morgan fingerprint density at radius 3 is 2.19 bits per heavy atom. The third-order valence-corrected chi connectivity index (χ3v) is 4.81. The van der Waals surface area contributed by atoms with Crippen molar-refractivity contribution < 1.29 is 23.1 Å². The second-order valence-corrected chi connectivity index (χ2v) is 7.15. The van der Waals surface area contributed by atoms with Gasteiger partial charge in [-0.2, -0.15) is 0 Å². The second kappa shape index (κ2) is 8.35. The number of carboxylic acids is 1. The molecule has 0 amide bonds. The second-order valence-electron chi connectivity index (χ2n) is 5.46. The van der Waals surface area contributed by atoms with Gasteiger partial charge in [-0.05, 0) is 48.9 Å². The highest BCUT2D eigenvalue weighted by Crippen LogP contribution is 2.20. The van der Waals surface area contributed by atoms with Gasteiger partial charge in [-0.3, -0.25) is 4.72 Å². The largest absolute Gasteiger partial charge is 0.497 e. The number of ether oxygens (including phenoxy) is 1. The molecule has 6 nitrogen and oxygen atoms in total. The van der Waals surface area contributed by atoms with Gasteiger partial charge in [-0.15, -0.1) is 0 Å². The molecule has 0 bridgehead atoms. The summed E-state index contributed by atoms with van der Waals surface area (Å²) in [5.41, 5.74) is 2.01. The minimum atomic E-state index is -3.69. The van der Waals surface area contributed by atoms with Crippen LogP contribution in [-0.4, -0.2) is 26.6 Å². The number of aliphatic carboxylic acids is 1. The minimum Gasteiger partial charge on any atom is -0.497 e. The normalized spacial score (nSPS) is 12.2. The van der Waals surface area contributed by atoms with Crippen molar-refractivity contribution in [1.82, 2.24) is 0 Å². The maximum atomic E-state index is 12.4. The van der Waals surface area contributed by atoms with Gasteiger partial charge in [-0.25, -0.2) is 13.2 Å². The molecule has 0 aliphatic rings. The van der Waals surface area contributed by atoms with Crippen LogP contribution in [0, 0.1) is 0 Å². The van der Waals surface area contributed by atoms with E-state index in [0.717, 1.165) is 17.2 Å². The first-order chi connectivity index (χ1) is 12.3. The lowest BCUT2D eigenvalue weighted by Gasteiger charge is -2.09. The van der Waals surface area contributed by atoms with Crippen LogP contribution in [0.5, 0.6) is 5.75 Å². The van der Waals surface area contributed by atoms with Crippen LogP contribution < -0.4 is 9.46 Å². The molecule has 7 heteroatoms. The van der Waals surface area contributed by atoms with Crippen LogP contribution in [0.3, 0.4) is 0 Å². The molecule has 0 aliphatic carbocycles. The number of methoxy groups -OCH3 is 1. The van der Waals surface area contributed by atoms with Crippen LogP contribution in [0.25, 0.3) is 6.08 Å². The molecule has 26 heavy (non-hydrogen) atoms. The van der Waals surface area contributed by atoms with Crippen molar-refractivity contribution in [3.05, 3.63) is 71.8 Å². The van der Waals surface area contributed by atoms with Crippen molar-refractivity contribution >= 4 is 27.8 Å². The summed E-state index contributed by atoms with van der Waals surface area (Å²) in [4.78, 5) is 10.6. The number of benzene rings is 2. The lowest BCUT2D eigenvalue weighted by atomic mass is 10.1. The van der Waals surface area contributed by atoms with Gasteiger partial charge in [0.2, 0.25) is 0 Å². The molecule has 0 saturated heterocycles. The van der Waals surface area contributed by atoms with E-state index in [9.17, 15) is 13.2 Å². The molecule has 0 unspecified atom stereocenters. The maximum Gasteiger partial charge on any atom is 0.328 e. The molecule has 0 saturated carbocycles. The number of sulfonamides is 1. The molecule has 2 N–H and O–H groups in total. The highest BCUT2D eigenvalue weighted by molar-refractivity contribution is 7.92. The molecule has 2 aromatic carbocycles. The third-order valence-electron chi connectivity index (χ3n) is 3.42. The summed E-state index contributed by atoms with van der Waals surface area (Å²) >= 11 is 0. The topological polar surface area (TPSA) is 92.7 Å². The fraction of sp³-hybridized carbons (Fsp3) is 0.105. The zero-order valence-electron chi connectivity index (χ0n) is 14.3. The molecular formula is C19H19NO5S.